The number of amides is 1. The number of aliphatic hydroxyl groups excluding tert-OH is 1. The first-order valence-electron chi connectivity index (χ1n) is 31.6. The number of hydrogen-bond acceptors (Lipinski definition) is 5. The first kappa shape index (κ1) is 73.4. The predicted molar refractivity (Wildman–Crippen MR) is 332 cm³/mol. The second kappa shape index (κ2) is 57.1. The summed E-state index contributed by atoms with van der Waals surface area (Å²) in [5.41, 5.74) is 0. The average molecular weight is 1080 g/mol. The van der Waals surface area contributed by atoms with Gasteiger partial charge in [-0.25, -0.2) is 4.57 Å². The number of nitrogens with one attached hydrogen (secondary N) is 1. The smallest absolute Gasteiger partial charge is 0.387 e. The molecule has 0 aromatic heterocycles. The Balaban J connectivity index is 4.04. The summed E-state index contributed by atoms with van der Waals surface area (Å²) in [5.74, 6) is -0.190. The second-order valence-electron chi connectivity index (χ2n) is 22.4. The summed E-state index contributed by atoms with van der Waals surface area (Å²) < 4.78 is 23.7. The van der Waals surface area contributed by atoms with Crippen LogP contribution in [0.2, 0.25) is 0 Å². The molecule has 8 nitrogen and oxygen atoms in total. The van der Waals surface area contributed by atoms with Gasteiger partial charge in [-0.15, -0.1) is 0 Å². The van der Waals surface area contributed by atoms with Crippen molar-refractivity contribution in [3.8, 4) is 0 Å². The Morgan fingerprint density at radius 2 is 0.803 bits per heavy atom. The maximum Gasteiger partial charge on any atom is 0.472 e. The molecule has 0 aliphatic rings. The van der Waals surface area contributed by atoms with Gasteiger partial charge >= 0.3 is 7.82 Å². The predicted octanol–water partition coefficient (Wildman–Crippen LogP) is 19.8. The zero-order valence-electron chi connectivity index (χ0n) is 50.2. The lowest BCUT2D eigenvalue weighted by molar-refractivity contribution is -0.870. The molecule has 76 heavy (non-hydrogen) atoms. The first-order valence-corrected chi connectivity index (χ1v) is 33.1. The molecule has 9 heteroatoms. The van der Waals surface area contributed by atoms with Gasteiger partial charge in [-0.1, -0.05) is 272 Å². The standard InChI is InChI=1S/C67H121N2O6P/c1-6-8-10-12-14-16-18-20-22-24-25-26-27-28-29-30-31-32-33-34-35-36-37-38-39-40-41-42-43-45-47-49-51-53-55-57-59-61-67(71)68-65(64-75-76(72,73)74-63-62-69(3,4)5)66(70)60-58-56-54-52-50-48-46-44-23-21-19-17-15-13-11-9-7-2/h8,10,14,16,20,22-23,25-26,28-29,44,50,52,58,60,65-66,70H,6-7,9,11-13,15,17-19,21,24,27,30-43,45-49,51,53-57,59,61-64H2,1-5H3,(H-,68,71,72,73)/p+1/b10-8-,16-14-,22-20-,26-25-,29-28-,44-23+,52-50+,60-58+. The number of allylic oxidation sites excluding steroid dienone is 15. The van der Waals surface area contributed by atoms with Crippen LogP contribution in [0.4, 0.5) is 0 Å². The lowest BCUT2D eigenvalue weighted by Gasteiger charge is -2.25. The summed E-state index contributed by atoms with van der Waals surface area (Å²) in [6.07, 6.45) is 82.5. The Morgan fingerprint density at radius 1 is 0.461 bits per heavy atom. The molecular weight excluding hydrogens is 960 g/mol. The number of phosphoric ester groups is 1. The number of nitrogens with zero attached hydrogens (tertiary/aromatic N) is 1. The molecule has 0 aromatic rings. The van der Waals surface area contributed by atoms with Crippen LogP contribution in [0.15, 0.2) is 97.2 Å². The van der Waals surface area contributed by atoms with Crippen molar-refractivity contribution >= 4 is 13.7 Å². The molecule has 0 rings (SSSR count). The van der Waals surface area contributed by atoms with Crippen molar-refractivity contribution in [3.05, 3.63) is 97.2 Å². The SMILES string of the molecule is CC/C=C\C/C=C\C/C=C\C/C=C\C/C=C\CCCCCCCCCCCCCCCCCCCCCCCC(=O)NC(COP(=O)(O)OCC[N+](C)(C)C)C(O)/C=C/CC/C=C/CC/C=C/CCCCCCCCC. The van der Waals surface area contributed by atoms with E-state index in [9.17, 15) is 19.4 Å². The van der Waals surface area contributed by atoms with Crippen LogP contribution in [0.25, 0.3) is 0 Å². The van der Waals surface area contributed by atoms with Crippen LogP contribution in [-0.4, -0.2) is 73.4 Å². The van der Waals surface area contributed by atoms with Gasteiger partial charge in [-0.05, 0) is 89.9 Å². The van der Waals surface area contributed by atoms with Crippen LogP contribution in [0, 0.1) is 0 Å². The molecule has 0 heterocycles. The van der Waals surface area contributed by atoms with Crippen LogP contribution in [0.1, 0.15) is 271 Å². The van der Waals surface area contributed by atoms with Crippen LogP contribution < -0.4 is 5.32 Å². The lowest BCUT2D eigenvalue weighted by atomic mass is 10.0. The van der Waals surface area contributed by atoms with Gasteiger partial charge in [-0.2, -0.15) is 0 Å². The number of phosphoric acid groups is 1. The Bertz CT molecular complexity index is 1560. The van der Waals surface area contributed by atoms with E-state index < -0.39 is 20.0 Å². The third kappa shape index (κ3) is 59.1. The number of quaternary nitrogens is 1. The summed E-state index contributed by atoms with van der Waals surface area (Å²) in [6, 6.07) is -0.873. The highest BCUT2D eigenvalue weighted by Gasteiger charge is 2.27. The second-order valence-corrected chi connectivity index (χ2v) is 23.8. The van der Waals surface area contributed by atoms with Crippen molar-refractivity contribution < 1.29 is 32.9 Å². The fourth-order valence-corrected chi connectivity index (χ4v) is 9.60. The molecule has 0 aliphatic heterocycles. The Morgan fingerprint density at radius 3 is 1.21 bits per heavy atom. The van der Waals surface area contributed by atoms with E-state index in [-0.39, 0.29) is 19.1 Å². The molecule has 0 spiro atoms. The largest absolute Gasteiger partial charge is 0.472 e. The fourth-order valence-electron chi connectivity index (χ4n) is 8.87. The van der Waals surface area contributed by atoms with Gasteiger partial charge in [0, 0.05) is 6.42 Å². The van der Waals surface area contributed by atoms with Gasteiger partial charge in [0.25, 0.3) is 0 Å². The van der Waals surface area contributed by atoms with Gasteiger partial charge in [-0.3, -0.25) is 13.8 Å². The molecule has 3 atom stereocenters. The zero-order valence-corrected chi connectivity index (χ0v) is 51.1. The number of carbonyl (C=O) groups is 1. The number of carbonyl (C=O) groups excluding carboxylic acids is 1. The van der Waals surface area contributed by atoms with Crippen LogP contribution >= 0.6 is 7.82 Å². The minimum atomic E-state index is -4.36. The van der Waals surface area contributed by atoms with Crippen molar-refractivity contribution in [1.29, 1.82) is 0 Å². The van der Waals surface area contributed by atoms with E-state index in [2.05, 4.69) is 104 Å². The first-order chi connectivity index (χ1) is 37.0. The minimum Gasteiger partial charge on any atom is -0.387 e. The van der Waals surface area contributed by atoms with Gasteiger partial charge in [0.15, 0.2) is 0 Å². The van der Waals surface area contributed by atoms with E-state index in [4.69, 9.17) is 9.05 Å². The van der Waals surface area contributed by atoms with E-state index >= 15 is 0 Å². The molecule has 0 bridgehead atoms. The maximum atomic E-state index is 13.0. The molecule has 0 fully saturated rings. The van der Waals surface area contributed by atoms with E-state index in [1.807, 2.05) is 27.2 Å². The summed E-state index contributed by atoms with van der Waals surface area (Å²) in [6.45, 7) is 4.68. The minimum absolute atomic E-state index is 0.0516. The highest BCUT2D eigenvalue weighted by molar-refractivity contribution is 7.47. The van der Waals surface area contributed by atoms with E-state index in [1.165, 1.54) is 173 Å². The summed E-state index contributed by atoms with van der Waals surface area (Å²) in [5, 5.41) is 13.9. The van der Waals surface area contributed by atoms with Gasteiger partial charge in [0.2, 0.25) is 5.91 Å². The van der Waals surface area contributed by atoms with Gasteiger partial charge < -0.3 is 19.8 Å². The van der Waals surface area contributed by atoms with Crippen molar-refractivity contribution in [3.63, 3.8) is 0 Å². The Kier molecular flexibility index (Phi) is 55.2. The van der Waals surface area contributed by atoms with Crippen LogP contribution in [0.3, 0.4) is 0 Å². The molecule has 3 unspecified atom stereocenters. The third-order valence-corrected chi connectivity index (χ3v) is 14.7. The van der Waals surface area contributed by atoms with Crippen molar-refractivity contribution in [2.75, 3.05) is 40.9 Å². The van der Waals surface area contributed by atoms with Crippen molar-refractivity contribution in [2.45, 2.75) is 283 Å². The number of unbranched alkanes of at least 4 members (excludes halogenated alkanes) is 30. The maximum absolute atomic E-state index is 13.0. The molecular formula is C67H122N2O6P+. The number of hydrogen-bond donors (Lipinski definition) is 3. The molecule has 3 N–H and O–H groups in total. The molecule has 0 aromatic carbocycles. The molecule has 0 saturated heterocycles. The van der Waals surface area contributed by atoms with Gasteiger partial charge in [0.05, 0.1) is 39.9 Å². The fraction of sp³-hybridized carbons (Fsp3) is 0.746. The Hall–Kier alpha value is -2.58. The normalized spacial score (nSPS) is 14.5. The molecule has 0 saturated carbocycles. The lowest BCUT2D eigenvalue weighted by Crippen LogP contribution is -2.45. The van der Waals surface area contributed by atoms with E-state index in [0.717, 1.165) is 77.0 Å². The Labute approximate surface area is 470 Å². The van der Waals surface area contributed by atoms with Crippen LogP contribution in [-0.2, 0) is 18.4 Å². The van der Waals surface area contributed by atoms with Crippen molar-refractivity contribution in [1.82, 2.24) is 5.32 Å². The number of aliphatic hydroxyl groups is 1. The van der Waals surface area contributed by atoms with E-state index in [0.29, 0.717) is 17.4 Å². The third-order valence-electron chi connectivity index (χ3n) is 13.8. The summed E-state index contributed by atoms with van der Waals surface area (Å²) in [7, 11) is 1.55. The number of rotatable bonds is 57. The highest BCUT2D eigenvalue weighted by Crippen LogP contribution is 2.43. The highest BCUT2D eigenvalue weighted by atomic mass is 31.2. The van der Waals surface area contributed by atoms with E-state index in [1.54, 1.807) is 6.08 Å². The topological polar surface area (TPSA) is 105 Å². The molecule has 0 radical (unpaired) electrons. The zero-order chi connectivity index (χ0) is 55.6. The average Bonchev–Trinajstić information content (AvgIpc) is 3.38. The monoisotopic (exact) mass is 1080 g/mol. The van der Waals surface area contributed by atoms with Gasteiger partial charge in [0.1, 0.15) is 13.2 Å². The molecule has 440 valence electrons. The summed E-state index contributed by atoms with van der Waals surface area (Å²) >= 11 is 0. The van der Waals surface area contributed by atoms with Crippen molar-refractivity contribution in [2.24, 2.45) is 0 Å². The molecule has 0 aliphatic carbocycles. The quantitative estimate of drug-likeness (QED) is 0.0243. The molecule has 1 amide bonds. The van der Waals surface area contributed by atoms with Crippen LogP contribution in [0.5, 0.6) is 0 Å². The summed E-state index contributed by atoms with van der Waals surface area (Å²) in [4.78, 5) is 23.3. The number of likely N-dealkylation sites (N-methyl/N-ethyl adjacent to an activating group) is 1.